The van der Waals surface area contributed by atoms with Crippen molar-refractivity contribution in [3.8, 4) is 11.4 Å². The van der Waals surface area contributed by atoms with Crippen LogP contribution in [-0.4, -0.2) is 15.9 Å². The van der Waals surface area contributed by atoms with Crippen LogP contribution in [0.3, 0.4) is 0 Å². The number of rotatable bonds is 3. The molecule has 0 saturated carbocycles. The lowest BCUT2D eigenvalue weighted by Crippen LogP contribution is -1.96. The molecule has 0 atom stereocenters. The first-order valence-corrected chi connectivity index (χ1v) is 5.11. The van der Waals surface area contributed by atoms with Gasteiger partial charge in [0.05, 0.1) is 11.4 Å². The third kappa shape index (κ3) is 2.28. The monoisotopic (exact) mass is 236 g/mol. The van der Waals surface area contributed by atoms with Crippen molar-refractivity contribution in [2.24, 2.45) is 0 Å². The van der Waals surface area contributed by atoms with Crippen LogP contribution >= 0.6 is 11.6 Å². The number of carbonyl (C=O) groups excluding carboxylic acids is 1. The third-order valence-electron chi connectivity index (χ3n) is 1.98. The summed E-state index contributed by atoms with van der Waals surface area (Å²) in [5.41, 5.74) is 0.697. The lowest BCUT2D eigenvalue weighted by Gasteiger charge is -1.95. The van der Waals surface area contributed by atoms with Crippen molar-refractivity contribution in [1.82, 2.24) is 10.1 Å². The van der Waals surface area contributed by atoms with Crippen LogP contribution in [0.15, 0.2) is 28.8 Å². The molecule has 0 unspecified atom stereocenters. The van der Waals surface area contributed by atoms with Crippen molar-refractivity contribution in [1.29, 1.82) is 0 Å². The number of halogens is 1. The second-order valence-corrected chi connectivity index (χ2v) is 3.78. The van der Waals surface area contributed by atoms with Crippen LogP contribution in [0.5, 0.6) is 0 Å². The summed E-state index contributed by atoms with van der Waals surface area (Å²) >= 11 is 5.99. The second kappa shape index (κ2) is 4.45. The highest BCUT2D eigenvalue weighted by Crippen LogP contribution is 2.24. The van der Waals surface area contributed by atoms with Crippen molar-refractivity contribution in [2.75, 3.05) is 0 Å². The number of benzene rings is 1. The summed E-state index contributed by atoms with van der Waals surface area (Å²) in [5, 5.41) is 4.33. The van der Waals surface area contributed by atoms with E-state index >= 15 is 0 Å². The molecule has 1 aromatic heterocycles. The maximum atomic E-state index is 10.9. The van der Waals surface area contributed by atoms with Gasteiger partial charge in [-0.1, -0.05) is 28.9 Å². The molecule has 0 bridgehead atoms. The van der Waals surface area contributed by atoms with Gasteiger partial charge in [0.15, 0.2) is 0 Å². The Balaban J connectivity index is 2.32. The van der Waals surface area contributed by atoms with E-state index in [-0.39, 0.29) is 12.2 Å². The Morgan fingerprint density at radius 2 is 2.19 bits per heavy atom. The van der Waals surface area contributed by atoms with Gasteiger partial charge in [-0.2, -0.15) is 4.98 Å². The Hall–Kier alpha value is -1.68. The van der Waals surface area contributed by atoms with Crippen LogP contribution in [0.1, 0.15) is 12.8 Å². The lowest BCUT2D eigenvalue weighted by atomic mass is 10.2. The van der Waals surface area contributed by atoms with Gasteiger partial charge in [0.2, 0.25) is 11.7 Å². The van der Waals surface area contributed by atoms with E-state index in [1.54, 1.807) is 12.1 Å². The lowest BCUT2D eigenvalue weighted by molar-refractivity contribution is -0.116. The number of nitrogens with zero attached hydrogens (tertiary/aromatic N) is 2. The fourth-order valence-corrected chi connectivity index (χ4v) is 1.51. The molecule has 0 aliphatic rings. The molecular formula is C11H9ClN2O2. The Labute approximate surface area is 97.2 Å². The molecule has 0 aliphatic heterocycles. The molecule has 0 radical (unpaired) electrons. The topological polar surface area (TPSA) is 56.0 Å². The van der Waals surface area contributed by atoms with E-state index in [4.69, 9.17) is 16.1 Å². The predicted octanol–water partition coefficient (Wildman–Crippen LogP) is 2.52. The molecule has 2 rings (SSSR count). The molecule has 0 fully saturated rings. The fraction of sp³-hybridized carbons (Fsp3) is 0.182. The minimum Gasteiger partial charge on any atom is -0.338 e. The number of Topliss-reactive ketones (excluding diaryl/α,β-unsaturated/α-hetero) is 1. The molecule has 4 nitrogen and oxygen atoms in total. The summed E-state index contributed by atoms with van der Waals surface area (Å²) in [6, 6.07) is 7.20. The summed E-state index contributed by atoms with van der Waals surface area (Å²) in [5.74, 6) is 0.693. The molecule has 0 spiro atoms. The molecule has 1 aromatic carbocycles. The number of hydrogen-bond acceptors (Lipinski definition) is 4. The van der Waals surface area contributed by atoms with E-state index in [1.165, 1.54) is 6.92 Å². The van der Waals surface area contributed by atoms with Gasteiger partial charge in [-0.05, 0) is 19.1 Å². The van der Waals surface area contributed by atoms with Gasteiger partial charge in [-0.25, -0.2) is 0 Å². The summed E-state index contributed by atoms with van der Waals surface area (Å²) in [7, 11) is 0. The van der Waals surface area contributed by atoms with Crippen LogP contribution < -0.4 is 0 Å². The van der Waals surface area contributed by atoms with Crippen LogP contribution in [0.25, 0.3) is 11.4 Å². The van der Waals surface area contributed by atoms with Crippen molar-refractivity contribution >= 4 is 17.4 Å². The highest BCUT2D eigenvalue weighted by molar-refractivity contribution is 6.33. The van der Waals surface area contributed by atoms with Crippen LogP contribution in [-0.2, 0) is 11.2 Å². The molecule has 0 saturated heterocycles. The molecule has 16 heavy (non-hydrogen) atoms. The van der Waals surface area contributed by atoms with Gasteiger partial charge in [0.25, 0.3) is 0 Å². The first kappa shape index (κ1) is 10.8. The quantitative estimate of drug-likeness (QED) is 0.822. The summed E-state index contributed by atoms with van der Waals surface area (Å²) in [6.07, 6.45) is 0.150. The number of aromatic nitrogens is 2. The summed E-state index contributed by atoms with van der Waals surface area (Å²) in [6.45, 7) is 1.47. The smallest absolute Gasteiger partial charge is 0.234 e. The first-order chi connectivity index (χ1) is 7.66. The molecule has 0 amide bonds. The molecule has 82 valence electrons. The van der Waals surface area contributed by atoms with Crippen molar-refractivity contribution in [3.63, 3.8) is 0 Å². The van der Waals surface area contributed by atoms with Gasteiger partial charge in [0.1, 0.15) is 5.78 Å². The normalized spacial score (nSPS) is 10.4. The van der Waals surface area contributed by atoms with Crippen molar-refractivity contribution in [3.05, 3.63) is 35.2 Å². The minimum absolute atomic E-state index is 0.0191. The molecule has 0 aliphatic carbocycles. The maximum absolute atomic E-state index is 10.9. The molecule has 1 heterocycles. The molecule has 0 N–H and O–H groups in total. The fourth-order valence-electron chi connectivity index (χ4n) is 1.29. The third-order valence-corrected chi connectivity index (χ3v) is 2.31. The van der Waals surface area contributed by atoms with Crippen LogP contribution in [0, 0.1) is 0 Å². The van der Waals surface area contributed by atoms with Gasteiger partial charge in [0, 0.05) is 5.56 Å². The predicted molar refractivity (Wildman–Crippen MR) is 59.1 cm³/mol. The Kier molecular flexibility index (Phi) is 3.01. The van der Waals surface area contributed by atoms with Gasteiger partial charge in [-0.3, -0.25) is 4.79 Å². The van der Waals surface area contributed by atoms with E-state index in [0.29, 0.717) is 22.3 Å². The average molecular weight is 237 g/mol. The van der Waals surface area contributed by atoms with Gasteiger partial charge in [-0.15, -0.1) is 0 Å². The summed E-state index contributed by atoms with van der Waals surface area (Å²) in [4.78, 5) is 15.0. The Bertz CT molecular complexity index is 522. The van der Waals surface area contributed by atoms with Crippen molar-refractivity contribution < 1.29 is 9.32 Å². The molecule has 5 heteroatoms. The van der Waals surface area contributed by atoms with E-state index < -0.39 is 0 Å². The number of ketones is 1. The van der Waals surface area contributed by atoms with E-state index in [9.17, 15) is 4.79 Å². The number of carbonyl (C=O) groups is 1. The summed E-state index contributed by atoms with van der Waals surface area (Å²) < 4.78 is 4.94. The first-order valence-electron chi connectivity index (χ1n) is 4.74. The molecule has 2 aromatic rings. The maximum Gasteiger partial charge on any atom is 0.234 e. The van der Waals surface area contributed by atoms with Crippen molar-refractivity contribution in [2.45, 2.75) is 13.3 Å². The minimum atomic E-state index is -0.0191. The Morgan fingerprint density at radius 1 is 1.44 bits per heavy atom. The van der Waals surface area contributed by atoms with Crippen LogP contribution in [0.2, 0.25) is 5.02 Å². The average Bonchev–Trinajstić information content (AvgIpc) is 2.66. The number of hydrogen-bond donors (Lipinski definition) is 0. The zero-order valence-corrected chi connectivity index (χ0v) is 9.36. The molecular weight excluding hydrogens is 228 g/mol. The van der Waals surface area contributed by atoms with E-state index in [1.807, 2.05) is 12.1 Å². The zero-order chi connectivity index (χ0) is 11.5. The SMILES string of the molecule is CC(=O)Cc1nc(-c2ccccc2Cl)no1. The zero-order valence-electron chi connectivity index (χ0n) is 8.61. The standard InChI is InChI=1S/C11H9ClN2O2/c1-7(15)6-10-13-11(14-16-10)8-4-2-3-5-9(8)12/h2-5H,6H2,1H3. The van der Waals surface area contributed by atoms with E-state index in [0.717, 1.165) is 0 Å². The Morgan fingerprint density at radius 3 is 2.88 bits per heavy atom. The largest absolute Gasteiger partial charge is 0.338 e. The highest BCUT2D eigenvalue weighted by atomic mass is 35.5. The second-order valence-electron chi connectivity index (χ2n) is 3.37. The van der Waals surface area contributed by atoms with Gasteiger partial charge < -0.3 is 4.52 Å². The van der Waals surface area contributed by atoms with Crippen LogP contribution in [0.4, 0.5) is 0 Å². The van der Waals surface area contributed by atoms with Gasteiger partial charge >= 0.3 is 0 Å². The van der Waals surface area contributed by atoms with E-state index in [2.05, 4.69) is 10.1 Å². The highest BCUT2D eigenvalue weighted by Gasteiger charge is 2.12.